The summed E-state index contributed by atoms with van der Waals surface area (Å²) in [5, 5.41) is 6.51. The summed E-state index contributed by atoms with van der Waals surface area (Å²) in [7, 11) is -3.35. The van der Waals surface area contributed by atoms with E-state index in [1.807, 2.05) is 24.3 Å². The predicted molar refractivity (Wildman–Crippen MR) is 137 cm³/mol. The standard InChI is InChI=1S/C26H31F2N5O2S/c1-36(34,35)33(13-9-24-6-3-10-29-24)18-20-4-2-5-21(14-20)25-8-12-31-26(32-25)30-11-7-19-15-22(27)17-23(28)16-19/h2,4-5,8,12,14-17,24,29H,3,6-7,9-11,13,18H2,1H3,(H,30,31,32)/t24-/m1/s1. The van der Waals surface area contributed by atoms with Crippen LogP contribution in [0, 0.1) is 11.6 Å². The van der Waals surface area contributed by atoms with Gasteiger partial charge in [-0.1, -0.05) is 18.2 Å². The monoisotopic (exact) mass is 515 g/mol. The first-order valence-electron chi connectivity index (χ1n) is 12.1. The van der Waals surface area contributed by atoms with Gasteiger partial charge in [0.25, 0.3) is 0 Å². The van der Waals surface area contributed by atoms with E-state index in [-0.39, 0.29) is 0 Å². The molecule has 3 aromatic rings. The van der Waals surface area contributed by atoms with Crippen molar-refractivity contribution in [1.82, 2.24) is 19.6 Å². The SMILES string of the molecule is CS(=O)(=O)N(CC[C@H]1CCCN1)Cc1cccc(-c2ccnc(NCCc3cc(F)cc(F)c3)n2)c1. The molecule has 4 rings (SSSR count). The summed E-state index contributed by atoms with van der Waals surface area (Å²) in [6.45, 7) is 2.16. The number of sulfonamides is 1. The van der Waals surface area contributed by atoms with Crippen molar-refractivity contribution in [3.8, 4) is 11.3 Å². The molecule has 1 aromatic heterocycles. The summed E-state index contributed by atoms with van der Waals surface area (Å²) in [4.78, 5) is 8.79. The third-order valence-corrected chi connectivity index (χ3v) is 7.46. The largest absolute Gasteiger partial charge is 0.354 e. The molecule has 2 aromatic carbocycles. The van der Waals surface area contributed by atoms with Gasteiger partial charge in [0, 0.05) is 43.5 Å². The van der Waals surface area contributed by atoms with Gasteiger partial charge in [-0.3, -0.25) is 0 Å². The van der Waals surface area contributed by atoms with Crippen LogP contribution in [0.2, 0.25) is 0 Å². The van der Waals surface area contributed by atoms with Crippen molar-refractivity contribution in [3.63, 3.8) is 0 Å². The summed E-state index contributed by atoms with van der Waals surface area (Å²) in [6.07, 6.45) is 6.29. The maximum absolute atomic E-state index is 13.4. The van der Waals surface area contributed by atoms with Crippen molar-refractivity contribution in [1.29, 1.82) is 0 Å². The van der Waals surface area contributed by atoms with E-state index in [2.05, 4.69) is 20.6 Å². The van der Waals surface area contributed by atoms with E-state index in [1.165, 1.54) is 22.7 Å². The van der Waals surface area contributed by atoms with Crippen molar-refractivity contribution in [2.75, 3.05) is 31.2 Å². The number of hydrogen-bond donors (Lipinski definition) is 2. The van der Waals surface area contributed by atoms with E-state index in [0.717, 1.165) is 43.0 Å². The van der Waals surface area contributed by atoms with Crippen molar-refractivity contribution in [2.45, 2.75) is 38.3 Å². The van der Waals surface area contributed by atoms with Crippen LogP contribution >= 0.6 is 0 Å². The van der Waals surface area contributed by atoms with Crippen molar-refractivity contribution >= 4 is 16.0 Å². The Bertz CT molecular complexity index is 1260. The zero-order valence-electron chi connectivity index (χ0n) is 20.3. The molecule has 10 heteroatoms. The molecule has 0 saturated carbocycles. The van der Waals surface area contributed by atoms with Crippen molar-refractivity contribution in [2.24, 2.45) is 0 Å². The summed E-state index contributed by atoms with van der Waals surface area (Å²) < 4.78 is 53.1. The third-order valence-electron chi connectivity index (χ3n) is 6.21. The number of rotatable bonds is 11. The molecule has 192 valence electrons. The van der Waals surface area contributed by atoms with E-state index < -0.39 is 21.7 Å². The van der Waals surface area contributed by atoms with Crippen molar-refractivity contribution < 1.29 is 17.2 Å². The molecule has 2 N–H and O–H groups in total. The number of aromatic nitrogens is 2. The summed E-state index contributed by atoms with van der Waals surface area (Å²) in [5.74, 6) is -0.808. The number of anilines is 1. The maximum atomic E-state index is 13.4. The minimum absolute atomic E-state index is 0.291. The fourth-order valence-electron chi connectivity index (χ4n) is 4.38. The van der Waals surface area contributed by atoms with Gasteiger partial charge in [0.2, 0.25) is 16.0 Å². The lowest BCUT2D eigenvalue weighted by atomic mass is 10.1. The molecule has 1 atom stereocenters. The molecule has 1 aliphatic heterocycles. The minimum atomic E-state index is -3.35. The van der Waals surface area contributed by atoms with Crippen LogP contribution in [0.5, 0.6) is 0 Å². The minimum Gasteiger partial charge on any atom is -0.354 e. The number of nitrogens with zero attached hydrogens (tertiary/aromatic N) is 3. The molecule has 7 nitrogen and oxygen atoms in total. The average Bonchev–Trinajstić information content (AvgIpc) is 3.34. The highest BCUT2D eigenvalue weighted by Crippen LogP contribution is 2.21. The van der Waals surface area contributed by atoms with Crippen LogP contribution in [-0.4, -0.2) is 54.6 Å². The van der Waals surface area contributed by atoms with Gasteiger partial charge in [0.1, 0.15) is 11.6 Å². The Morgan fingerprint density at radius 2 is 1.92 bits per heavy atom. The molecule has 1 saturated heterocycles. The molecule has 0 unspecified atom stereocenters. The first-order chi connectivity index (χ1) is 17.3. The smallest absolute Gasteiger partial charge is 0.223 e. The van der Waals surface area contributed by atoms with Gasteiger partial charge in [0.05, 0.1) is 11.9 Å². The van der Waals surface area contributed by atoms with Gasteiger partial charge in [0.15, 0.2) is 0 Å². The molecule has 1 aliphatic rings. The second-order valence-corrected chi connectivity index (χ2v) is 11.1. The fraction of sp³-hybridized carbons (Fsp3) is 0.385. The fourth-order valence-corrected chi connectivity index (χ4v) is 5.20. The van der Waals surface area contributed by atoms with Gasteiger partial charge in [-0.2, -0.15) is 4.31 Å². The zero-order valence-corrected chi connectivity index (χ0v) is 21.1. The second-order valence-electron chi connectivity index (χ2n) is 9.10. The van der Waals surface area contributed by atoms with E-state index in [4.69, 9.17) is 0 Å². The van der Waals surface area contributed by atoms with Crippen LogP contribution in [0.25, 0.3) is 11.3 Å². The van der Waals surface area contributed by atoms with Gasteiger partial charge >= 0.3 is 0 Å². The second kappa shape index (κ2) is 11.9. The van der Waals surface area contributed by atoms with Crippen LogP contribution in [0.4, 0.5) is 14.7 Å². The Morgan fingerprint density at radius 1 is 1.11 bits per heavy atom. The molecule has 0 amide bonds. The highest BCUT2D eigenvalue weighted by atomic mass is 32.2. The zero-order chi connectivity index (χ0) is 25.5. The molecule has 0 spiro atoms. The molecule has 1 fully saturated rings. The van der Waals surface area contributed by atoms with Gasteiger partial charge in [-0.05, 0) is 67.6 Å². The van der Waals surface area contributed by atoms with Crippen LogP contribution in [-0.2, 0) is 23.0 Å². The van der Waals surface area contributed by atoms with Gasteiger partial charge in [-0.25, -0.2) is 27.2 Å². The normalized spacial score (nSPS) is 15.9. The highest BCUT2D eigenvalue weighted by molar-refractivity contribution is 7.88. The van der Waals surface area contributed by atoms with Gasteiger partial charge in [-0.15, -0.1) is 0 Å². The summed E-state index contributed by atoms with van der Waals surface area (Å²) in [6, 6.07) is 13.3. The van der Waals surface area contributed by atoms with E-state index in [1.54, 1.807) is 12.3 Å². The number of hydrogen-bond acceptors (Lipinski definition) is 6. The predicted octanol–water partition coefficient (Wildman–Crippen LogP) is 3.98. The Morgan fingerprint density at radius 3 is 2.64 bits per heavy atom. The van der Waals surface area contributed by atoms with Crippen LogP contribution < -0.4 is 10.6 Å². The Kier molecular flexibility index (Phi) is 8.60. The topological polar surface area (TPSA) is 87.2 Å². The van der Waals surface area contributed by atoms with Crippen LogP contribution in [0.3, 0.4) is 0 Å². The Labute approximate surface area is 211 Å². The lowest BCUT2D eigenvalue weighted by Crippen LogP contribution is -2.34. The first kappa shape index (κ1) is 26.1. The van der Waals surface area contributed by atoms with E-state index in [0.29, 0.717) is 49.3 Å². The number of nitrogens with one attached hydrogen (secondary N) is 2. The molecule has 2 heterocycles. The highest BCUT2D eigenvalue weighted by Gasteiger charge is 2.21. The maximum Gasteiger partial charge on any atom is 0.223 e. The number of benzene rings is 2. The number of halogens is 2. The molecular formula is C26H31F2N5O2S. The summed E-state index contributed by atoms with van der Waals surface area (Å²) >= 11 is 0. The summed E-state index contributed by atoms with van der Waals surface area (Å²) in [5.41, 5.74) is 2.95. The Balaban J connectivity index is 1.41. The molecule has 0 bridgehead atoms. The van der Waals surface area contributed by atoms with E-state index >= 15 is 0 Å². The lowest BCUT2D eigenvalue weighted by Gasteiger charge is -2.22. The van der Waals surface area contributed by atoms with Gasteiger partial charge < -0.3 is 10.6 Å². The molecule has 36 heavy (non-hydrogen) atoms. The lowest BCUT2D eigenvalue weighted by molar-refractivity contribution is 0.379. The molecule has 0 aliphatic carbocycles. The van der Waals surface area contributed by atoms with E-state index in [9.17, 15) is 17.2 Å². The molecular weight excluding hydrogens is 484 g/mol. The van der Waals surface area contributed by atoms with Crippen LogP contribution in [0.1, 0.15) is 30.4 Å². The van der Waals surface area contributed by atoms with Crippen molar-refractivity contribution in [3.05, 3.63) is 77.5 Å². The van der Waals surface area contributed by atoms with Crippen LogP contribution in [0.15, 0.2) is 54.7 Å². The quantitative estimate of drug-likeness (QED) is 0.402. The third kappa shape index (κ3) is 7.52. The first-order valence-corrected chi connectivity index (χ1v) is 13.9. The Hall–Kier alpha value is -2.95. The average molecular weight is 516 g/mol. The molecule has 0 radical (unpaired) electrons.